The smallest absolute Gasteiger partial charge is 0.255 e. The zero-order valence-electron chi connectivity index (χ0n) is 14.9. The number of thiazole rings is 1. The van der Waals surface area contributed by atoms with Crippen LogP contribution in [0.1, 0.15) is 42.0 Å². The highest BCUT2D eigenvalue weighted by atomic mass is 32.1. The Morgan fingerprint density at radius 1 is 1.33 bits per heavy atom. The van der Waals surface area contributed by atoms with Crippen LogP contribution < -0.4 is 20.7 Å². The van der Waals surface area contributed by atoms with Crippen molar-refractivity contribution in [2.45, 2.75) is 31.6 Å². The molecule has 0 aliphatic carbocycles. The summed E-state index contributed by atoms with van der Waals surface area (Å²) < 4.78 is 5.42. The molecule has 142 valence electrons. The summed E-state index contributed by atoms with van der Waals surface area (Å²) in [4.78, 5) is 31.3. The summed E-state index contributed by atoms with van der Waals surface area (Å²) in [6.07, 6.45) is 3.99. The van der Waals surface area contributed by atoms with Crippen LogP contribution in [-0.2, 0) is 9.59 Å². The average molecular weight is 386 g/mol. The van der Waals surface area contributed by atoms with Gasteiger partial charge in [-0.15, -0.1) is 0 Å². The monoisotopic (exact) mass is 386 g/mol. The zero-order chi connectivity index (χ0) is 18.8. The number of primary amides is 1. The number of ether oxygens (including phenoxy) is 1. The van der Waals surface area contributed by atoms with Crippen molar-refractivity contribution in [3.8, 4) is 5.75 Å². The minimum absolute atomic E-state index is 0.0357. The van der Waals surface area contributed by atoms with Crippen molar-refractivity contribution in [1.82, 2.24) is 4.98 Å². The van der Waals surface area contributed by atoms with Crippen molar-refractivity contribution in [2.75, 3.05) is 29.9 Å². The Kier molecular flexibility index (Phi) is 4.98. The number of nitrogens with one attached hydrogen (secondary N) is 1. The van der Waals surface area contributed by atoms with Gasteiger partial charge < -0.3 is 20.7 Å². The van der Waals surface area contributed by atoms with E-state index in [1.54, 1.807) is 17.4 Å². The molecule has 2 aliphatic heterocycles. The molecule has 7 nitrogen and oxygen atoms in total. The number of carbonyl (C=O) groups excluding carboxylic acids is 2. The van der Waals surface area contributed by atoms with Gasteiger partial charge in [-0.3, -0.25) is 9.59 Å². The van der Waals surface area contributed by atoms with Crippen molar-refractivity contribution in [3.63, 3.8) is 0 Å². The molecule has 4 rings (SSSR count). The van der Waals surface area contributed by atoms with Crippen molar-refractivity contribution in [2.24, 2.45) is 5.73 Å². The molecule has 0 saturated carbocycles. The van der Waals surface area contributed by atoms with Gasteiger partial charge in [0.2, 0.25) is 5.91 Å². The Morgan fingerprint density at radius 3 is 2.93 bits per heavy atom. The van der Waals surface area contributed by atoms with Gasteiger partial charge in [-0.1, -0.05) is 23.5 Å². The molecule has 0 unspecified atom stereocenters. The van der Waals surface area contributed by atoms with Crippen molar-refractivity contribution in [1.29, 1.82) is 0 Å². The molecule has 1 fully saturated rings. The molecular formula is C19H22N4O3S. The number of amides is 2. The van der Waals surface area contributed by atoms with Crippen molar-refractivity contribution < 1.29 is 14.3 Å². The second-order valence-corrected chi connectivity index (χ2v) is 7.90. The third kappa shape index (κ3) is 3.90. The van der Waals surface area contributed by atoms with Gasteiger partial charge in [0.15, 0.2) is 11.7 Å². The number of nitrogens with two attached hydrogens (primary N) is 1. The maximum Gasteiger partial charge on any atom is 0.255 e. The minimum Gasteiger partial charge on any atom is -0.484 e. The highest BCUT2D eigenvalue weighted by molar-refractivity contribution is 7.16. The Balaban J connectivity index is 1.62. The van der Waals surface area contributed by atoms with Gasteiger partial charge in [-0.2, -0.15) is 0 Å². The van der Waals surface area contributed by atoms with Crippen LogP contribution in [-0.4, -0.2) is 36.5 Å². The number of hydrogen-bond donors (Lipinski definition) is 2. The molecular weight excluding hydrogens is 364 g/mol. The van der Waals surface area contributed by atoms with E-state index in [-0.39, 0.29) is 18.4 Å². The topological polar surface area (TPSA) is 97.6 Å². The Morgan fingerprint density at radius 2 is 2.15 bits per heavy atom. The fourth-order valence-corrected chi connectivity index (χ4v) is 4.77. The third-order valence-electron chi connectivity index (χ3n) is 4.87. The molecule has 0 spiro atoms. The molecule has 1 aromatic carbocycles. The SMILES string of the molecule is NC(=O)COc1cccc([C@H]2CC(=O)Nc3nc(N4CCCCC4)sc32)c1. The highest BCUT2D eigenvalue weighted by Crippen LogP contribution is 2.44. The predicted octanol–water partition coefficient (Wildman–Crippen LogP) is 2.47. The summed E-state index contributed by atoms with van der Waals surface area (Å²) in [6, 6.07) is 7.49. The number of benzene rings is 1. The maximum atomic E-state index is 12.2. The molecule has 0 bridgehead atoms. The predicted molar refractivity (Wildman–Crippen MR) is 104 cm³/mol. The number of piperidine rings is 1. The van der Waals surface area contributed by atoms with Crippen LogP contribution in [0, 0.1) is 0 Å². The van der Waals surface area contributed by atoms with Gasteiger partial charge >= 0.3 is 0 Å². The number of hydrogen-bond acceptors (Lipinski definition) is 6. The molecule has 1 saturated heterocycles. The average Bonchev–Trinajstić information content (AvgIpc) is 3.10. The van der Waals surface area contributed by atoms with Crippen LogP contribution in [0.2, 0.25) is 0 Å². The normalized spacial score (nSPS) is 19.3. The molecule has 1 aromatic heterocycles. The fourth-order valence-electron chi connectivity index (χ4n) is 3.57. The van der Waals surface area contributed by atoms with E-state index in [0.717, 1.165) is 28.7 Å². The maximum absolute atomic E-state index is 12.2. The highest BCUT2D eigenvalue weighted by Gasteiger charge is 2.31. The van der Waals surface area contributed by atoms with E-state index < -0.39 is 5.91 Å². The standard InChI is InChI=1S/C19H22N4O3S/c20-15(24)11-26-13-6-4-5-12(9-13)14-10-16(25)21-18-17(14)27-19(22-18)23-7-2-1-3-8-23/h4-6,9,14H,1-3,7-8,10-11H2,(H2,20,24)(H,21,25)/t14-/m1/s1. The van der Waals surface area contributed by atoms with Crippen LogP contribution in [0.5, 0.6) is 5.75 Å². The first-order valence-electron chi connectivity index (χ1n) is 9.17. The summed E-state index contributed by atoms with van der Waals surface area (Å²) in [7, 11) is 0. The minimum atomic E-state index is -0.520. The van der Waals surface area contributed by atoms with E-state index in [2.05, 4.69) is 10.2 Å². The number of aromatic nitrogens is 1. The number of rotatable bonds is 5. The molecule has 2 aromatic rings. The van der Waals surface area contributed by atoms with E-state index >= 15 is 0 Å². The molecule has 0 radical (unpaired) electrons. The van der Waals surface area contributed by atoms with Crippen LogP contribution in [0.4, 0.5) is 10.9 Å². The Hall–Kier alpha value is -2.61. The van der Waals surface area contributed by atoms with Crippen LogP contribution in [0.15, 0.2) is 24.3 Å². The lowest BCUT2D eigenvalue weighted by Gasteiger charge is -2.25. The van der Waals surface area contributed by atoms with Gasteiger partial charge in [0.25, 0.3) is 5.91 Å². The summed E-state index contributed by atoms with van der Waals surface area (Å²) >= 11 is 1.66. The molecule has 2 amide bonds. The second-order valence-electron chi connectivity index (χ2n) is 6.89. The Bertz CT molecular complexity index is 860. The number of carbonyl (C=O) groups is 2. The van der Waals surface area contributed by atoms with E-state index in [9.17, 15) is 9.59 Å². The van der Waals surface area contributed by atoms with Crippen molar-refractivity contribution >= 4 is 34.1 Å². The summed E-state index contributed by atoms with van der Waals surface area (Å²) in [5.41, 5.74) is 6.12. The molecule has 1 atom stereocenters. The zero-order valence-corrected chi connectivity index (χ0v) is 15.8. The van der Waals surface area contributed by atoms with E-state index in [4.69, 9.17) is 15.5 Å². The first kappa shape index (κ1) is 17.8. The van der Waals surface area contributed by atoms with Gasteiger partial charge in [0.05, 0.1) is 4.88 Å². The van der Waals surface area contributed by atoms with Crippen LogP contribution >= 0.6 is 11.3 Å². The van der Waals surface area contributed by atoms with Gasteiger partial charge in [-0.25, -0.2) is 4.98 Å². The number of fused-ring (bicyclic) bond motifs is 1. The summed E-state index contributed by atoms with van der Waals surface area (Å²) in [5, 5.41) is 3.89. The molecule has 8 heteroatoms. The molecule has 27 heavy (non-hydrogen) atoms. The van der Waals surface area contributed by atoms with E-state index in [1.807, 2.05) is 18.2 Å². The fraction of sp³-hybridized carbons (Fsp3) is 0.421. The lowest BCUT2D eigenvalue weighted by molar-refractivity contribution is -0.120. The summed E-state index contributed by atoms with van der Waals surface area (Å²) in [5.74, 6) is 0.617. The quantitative estimate of drug-likeness (QED) is 0.823. The molecule has 2 aliphatic rings. The molecule has 3 heterocycles. The van der Waals surface area contributed by atoms with Gasteiger partial charge in [0.1, 0.15) is 11.6 Å². The van der Waals surface area contributed by atoms with Crippen molar-refractivity contribution in [3.05, 3.63) is 34.7 Å². The second kappa shape index (κ2) is 7.56. The van der Waals surface area contributed by atoms with Gasteiger partial charge in [-0.05, 0) is 37.0 Å². The van der Waals surface area contributed by atoms with Crippen LogP contribution in [0.25, 0.3) is 0 Å². The number of anilines is 2. The first-order chi connectivity index (χ1) is 13.1. The van der Waals surface area contributed by atoms with E-state index in [0.29, 0.717) is 18.0 Å². The summed E-state index contributed by atoms with van der Waals surface area (Å²) in [6.45, 7) is 1.86. The third-order valence-corrected chi connectivity index (χ3v) is 6.10. The van der Waals surface area contributed by atoms with Crippen LogP contribution in [0.3, 0.4) is 0 Å². The number of nitrogens with zero attached hydrogens (tertiary/aromatic N) is 2. The molecule has 3 N–H and O–H groups in total. The Labute approximate surface area is 161 Å². The first-order valence-corrected chi connectivity index (χ1v) is 9.98. The lowest BCUT2D eigenvalue weighted by atomic mass is 9.91. The largest absolute Gasteiger partial charge is 0.484 e. The lowest BCUT2D eigenvalue weighted by Crippen LogP contribution is -2.29. The van der Waals surface area contributed by atoms with Gasteiger partial charge in [0, 0.05) is 25.4 Å². The van der Waals surface area contributed by atoms with E-state index in [1.165, 1.54) is 19.3 Å².